The van der Waals surface area contributed by atoms with Crippen molar-refractivity contribution in [2.75, 3.05) is 59.5 Å². The van der Waals surface area contributed by atoms with Crippen LogP contribution in [0.3, 0.4) is 0 Å². The number of hydrogen-bond donors (Lipinski definition) is 0. The van der Waals surface area contributed by atoms with Gasteiger partial charge in [-0.25, -0.2) is 14.4 Å². The highest BCUT2D eigenvalue weighted by molar-refractivity contribution is 5.90. The van der Waals surface area contributed by atoms with E-state index >= 15 is 0 Å². The van der Waals surface area contributed by atoms with Gasteiger partial charge in [-0.05, 0) is 131 Å². The van der Waals surface area contributed by atoms with Crippen LogP contribution in [0.4, 0.5) is 0 Å². The average Bonchev–Trinajstić information content (AvgIpc) is 0.923. The molecule has 0 heterocycles. The zero-order valence-corrected chi connectivity index (χ0v) is 55.7. The molecule has 0 aliphatic carbocycles. The molecule has 93 heavy (non-hydrogen) atoms. The molecule has 0 spiro atoms. The van der Waals surface area contributed by atoms with Gasteiger partial charge in [-0.15, -0.1) is 0 Å². The van der Waals surface area contributed by atoms with Gasteiger partial charge in [0.2, 0.25) is 11.5 Å². The van der Waals surface area contributed by atoms with E-state index in [-0.39, 0.29) is 71.6 Å². The molecule has 0 saturated carbocycles. The average molecular weight is 1310 g/mol. The van der Waals surface area contributed by atoms with Gasteiger partial charge in [0, 0.05) is 29.4 Å². The summed E-state index contributed by atoms with van der Waals surface area (Å²) in [5.74, 6) is 1.49. The minimum Gasteiger partial charge on any atom is -0.490 e. The smallest absolute Gasteiger partial charge is 0.336 e. The molecule has 3 aromatic rings. The van der Waals surface area contributed by atoms with Crippen LogP contribution in [0.2, 0.25) is 0 Å². The Balaban J connectivity index is -0.00000491. The van der Waals surface area contributed by atoms with E-state index in [2.05, 4.69) is 41.2 Å². The lowest BCUT2D eigenvalue weighted by molar-refractivity contribution is -0.149. The molecule has 0 radical (unpaired) electrons. The number of carbonyl (C=O) groups is 5. The first-order valence-electron chi connectivity index (χ1n) is 33.4. The van der Waals surface area contributed by atoms with Crippen molar-refractivity contribution in [2.45, 2.75) is 246 Å². The summed E-state index contributed by atoms with van der Waals surface area (Å²) in [6, 6.07) is 13.5. The van der Waals surface area contributed by atoms with Crippen molar-refractivity contribution in [1.29, 1.82) is 0 Å². The molecule has 0 bridgehead atoms. The van der Waals surface area contributed by atoms with E-state index in [0.29, 0.717) is 124 Å². The van der Waals surface area contributed by atoms with Crippen LogP contribution in [0, 0.1) is 11.8 Å². The summed E-state index contributed by atoms with van der Waals surface area (Å²) in [7, 11) is 0. The molecule has 0 aliphatic heterocycles. The predicted molar refractivity (Wildman–Crippen MR) is 380 cm³/mol. The summed E-state index contributed by atoms with van der Waals surface area (Å²) in [6.07, 6.45) is 29.6. The molecule has 16 heteroatoms. The Bertz CT molecular complexity index is 2480. The van der Waals surface area contributed by atoms with Crippen molar-refractivity contribution >= 4 is 42.0 Å². The maximum absolute atomic E-state index is 13.3. The molecule has 530 valence electrons. The van der Waals surface area contributed by atoms with Crippen molar-refractivity contribution in [2.24, 2.45) is 11.8 Å². The molecule has 0 fully saturated rings. The van der Waals surface area contributed by atoms with Gasteiger partial charge in [0.1, 0.15) is 11.5 Å². The summed E-state index contributed by atoms with van der Waals surface area (Å²) in [6.45, 7) is 25.7. The Morgan fingerprint density at radius 1 is 0.355 bits per heavy atom. The lowest BCUT2D eigenvalue weighted by Crippen LogP contribution is -2.15. The third-order valence-electron chi connectivity index (χ3n) is 14.3. The van der Waals surface area contributed by atoms with Crippen LogP contribution in [0.15, 0.2) is 73.3 Å². The summed E-state index contributed by atoms with van der Waals surface area (Å²) in [5, 5.41) is 0. The number of rotatable bonds is 50. The monoisotopic (exact) mass is 1310 g/mol. The van der Waals surface area contributed by atoms with E-state index in [1.165, 1.54) is 12.2 Å². The molecule has 0 saturated heterocycles. The molecular formula is C77H126O16. The molecule has 3 rings (SSSR count). The fraction of sp³-hybridized carbons (Fsp3) is 0.623. The standard InChI is InChI=1S/C64H92O14.C9H18O2.4CH4/c1-8-14-18-22-45-72-60-51(30-38-55(62(60)74-47-24-20-16-10-3)69-42-26-28-44-71-57(65)13-6)32-40-58(66)77-53-34-36-54(37-35-53)78-59(67)41-33-52-31-39-56(70-43-27-29-49-76-64(68)50(7)12-5)63(75-48-25-21-17-11-4)61(52)73-46-23-19-15-9-2;1-4-6-7-11-9(10)8(3)5-2;;;;/h13,30-41,50H,6,8-12,14-29,42-49H2,1-5,7H3;8H,4-7H2,1-3H3;4*1H4/b40-32+,41-33+;;;;;. The Labute approximate surface area is 563 Å². The number of esters is 5. The van der Waals surface area contributed by atoms with Crippen molar-refractivity contribution < 1.29 is 76.1 Å². The Hall–Kier alpha value is -6.97. The Morgan fingerprint density at radius 2 is 0.656 bits per heavy atom. The molecule has 2 atom stereocenters. The van der Waals surface area contributed by atoms with Crippen LogP contribution in [-0.2, 0) is 38.2 Å². The fourth-order valence-electron chi connectivity index (χ4n) is 8.30. The molecule has 0 amide bonds. The number of benzene rings is 3. The summed E-state index contributed by atoms with van der Waals surface area (Å²) >= 11 is 0. The van der Waals surface area contributed by atoms with Crippen molar-refractivity contribution in [1.82, 2.24) is 0 Å². The van der Waals surface area contributed by atoms with E-state index in [1.54, 1.807) is 42.5 Å². The van der Waals surface area contributed by atoms with Gasteiger partial charge in [0.05, 0.1) is 71.3 Å². The van der Waals surface area contributed by atoms with E-state index in [9.17, 15) is 24.0 Å². The van der Waals surface area contributed by atoms with Gasteiger partial charge < -0.3 is 52.1 Å². The van der Waals surface area contributed by atoms with Gasteiger partial charge in [-0.2, -0.15) is 0 Å². The normalized spacial score (nSPS) is 11.2. The molecule has 2 unspecified atom stereocenters. The predicted octanol–water partition coefficient (Wildman–Crippen LogP) is 20.3. The number of ether oxygens (including phenoxy) is 11. The molecule has 0 aromatic heterocycles. The second kappa shape index (κ2) is 58.8. The molecule has 0 aliphatic rings. The highest BCUT2D eigenvalue weighted by Gasteiger charge is 2.21. The molecule has 16 nitrogen and oxygen atoms in total. The van der Waals surface area contributed by atoms with Crippen LogP contribution >= 0.6 is 0 Å². The Kier molecular flexibility index (Phi) is 57.1. The minimum absolute atomic E-state index is 0. The van der Waals surface area contributed by atoms with Crippen LogP contribution in [-0.4, -0.2) is 89.3 Å². The first-order chi connectivity index (χ1) is 43.3. The topological polar surface area (TPSA) is 187 Å². The van der Waals surface area contributed by atoms with Crippen LogP contribution in [0.25, 0.3) is 12.2 Å². The number of carbonyl (C=O) groups excluding carboxylic acids is 5. The molecule has 0 N–H and O–H groups in total. The zero-order valence-electron chi connectivity index (χ0n) is 55.7. The van der Waals surface area contributed by atoms with Crippen molar-refractivity contribution in [3.63, 3.8) is 0 Å². The highest BCUT2D eigenvalue weighted by Crippen LogP contribution is 2.43. The number of unbranched alkanes of at least 4 members (excludes halogenated alkanes) is 15. The lowest BCUT2D eigenvalue weighted by Gasteiger charge is -2.19. The SMILES string of the molecule is C.C.C.C.C=CC(=O)OCCCCOc1ccc(/C=C/C(=O)Oc2ccc(OC(=O)/C=C/c3ccc(OCCCCOC(=O)C(C)CC)c(OCCCCCC)c3OCCCCCC)cc2)c(OCCCCCC)c1OCCCCCC.CCCCOC(=O)C(C)CC. The first kappa shape index (κ1) is 90.2. The minimum atomic E-state index is -0.625. The highest BCUT2D eigenvalue weighted by atomic mass is 16.6. The fourth-order valence-corrected chi connectivity index (χ4v) is 8.30. The van der Waals surface area contributed by atoms with Gasteiger partial charge in [-0.3, -0.25) is 9.59 Å². The van der Waals surface area contributed by atoms with Crippen LogP contribution in [0.1, 0.15) is 257 Å². The molecule has 3 aromatic carbocycles. The lowest BCUT2D eigenvalue weighted by atomic mass is 10.1. The van der Waals surface area contributed by atoms with Crippen molar-refractivity contribution in [3.05, 3.63) is 84.5 Å². The quantitative estimate of drug-likeness (QED) is 0.0171. The van der Waals surface area contributed by atoms with Crippen LogP contribution < -0.4 is 37.9 Å². The van der Waals surface area contributed by atoms with Crippen molar-refractivity contribution in [3.8, 4) is 46.0 Å². The number of hydrogen-bond acceptors (Lipinski definition) is 16. The second-order valence-corrected chi connectivity index (χ2v) is 22.0. The second-order valence-electron chi connectivity index (χ2n) is 22.0. The maximum atomic E-state index is 13.3. The van der Waals surface area contributed by atoms with Gasteiger partial charge in [0.25, 0.3) is 0 Å². The third-order valence-corrected chi connectivity index (χ3v) is 14.3. The Morgan fingerprint density at radius 3 is 0.989 bits per heavy atom. The maximum Gasteiger partial charge on any atom is 0.336 e. The zero-order chi connectivity index (χ0) is 65.1. The van der Waals surface area contributed by atoms with E-state index in [1.807, 2.05) is 45.9 Å². The third kappa shape index (κ3) is 40.7. The van der Waals surface area contributed by atoms with Crippen LogP contribution in [0.5, 0.6) is 46.0 Å². The van der Waals surface area contributed by atoms with Gasteiger partial charge >= 0.3 is 29.8 Å². The van der Waals surface area contributed by atoms with Gasteiger partial charge in [0.15, 0.2) is 23.0 Å². The first-order valence-corrected chi connectivity index (χ1v) is 33.4. The van der Waals surface area contributed by atoms with E-state index in [4.69, 9.17) is 52.1 Å². The summed E-state index contributed by atoms with van der Waals surface area (Å²) in [4.78, 5) is 61.2. The summed E-state index contributed by atoms with van der Waals surface area (Å²) < 4.78 is 65.0. The van der Waals surface area contributed by atoms with E-state index in [0.717, 1.165) is 134 Å². The van der Waals surface area contributed by atoms with E-state index < -0.39 is 17.9 Å². The van der Waals surface area contributed by atoms with Gasteiger partial charge in [-0.1, -0.05) is 182 Å². The largest absolute Gasteiger partial charge is 0.490 e. The molecular weight excluding hydrogens is 1180 g/mol. The summed E-state index contributed by atoms with van der Waals surface area (Å²) in [5.41, 5.74) is 1.25.